The molecule has 0 saturated carbocycles. The third-order valence-electron chi connectivity index (χ3n) is 6.67. The van der Waals surface area contributed by atoms with Crippen LogP contribution in [0.1, 0.15) is 65.7 Å². The summed E-state index contributed by atoms with van der Waals surface area (Å²) in [6, 6.07) is 0. The van der Waals surface area contributed by atoms with Gasteiger partial charge in [-0.1, -0.05) is 30.2 Å². The number of likely N-dealkylation sites (tertiary alicyclic amines) is 1. The summed E-state index contributed by atoms with van der Waals surface area (Å²) in [4.78, 5) is 0. The van der Waals surface area contributed by atoms with Crippen LogP contribution in [-0.4, -0.2) is 50.2 Å². The summed E-state index contributed by atoms with van der Waals surface area (Å²) in [6.07, 6.45) is 14.0. The summed E-state index contributed by atoms with van der Waals surface area (Å²) in [6.45, 7) is 11.3. The zero-order chi connectivity index (χ0) is 18.6. The quantitative estimate of drug-likeness (QED) is 0.485. The van der Waals surface area contributed by atoms with Gasteiger partial charge in [0.1, 0.15) is 12.6 Å². The predicted octanol–water partition coefficient (Wildman–Crippen LogP) is 5.08. The number of allylic oxidation sites excluding steroid dienone is 4. The molecule has 0 aromatic heterocycles. The Labute approximate surface area is 161 Å². The average Bonchev–Trinajstić information content (AvgIpc) is 3.02. The number of piperidine rings is 1. The van der Waals surface area contributed by atoms with E-state index in [1.54, 1.807) is 5.57 Å². The lowest BCUT2D eigenvalue weighted by molar-refractivity contribution is -0.916. The molecule has 148 valence electrons. The Hall–Kier alpha value is -0.640. The molecule has 3 aliphatic rings. The van der Waals surface area contributed by atoms with Gasteiger partial charge in [-0.3, -0.25) is 0 Å². The van der Waals surface area contributed by atoms with Gasteiger partial charge in [0.15, 0.2) is 6.29 Å². The Morgan fingerprint density at radius 2 is 2.00 bits per heavy atom. The predicted molar refractivity (Wildman–Crippen MR) is 108 cm³/mol. The van der Waals surface area contributed by atoms with E-state index in [9.17, 15) is 0 Å². The second-order valence-corrected chi connectivity index (χ2v) is 9.53. The van der Waals surface area contributed by atoms with E-state index in [0.29, 0.717) is 17.9 Å². The first-order chi connectivity index (χ1) is 12.5. The zero-order valence-corrected chi connectivity index (χ0v) is 17.5. The number of nitrogens with zero attached hydrogens (tertiary/aromatic N) is 1. The van der Waals surface area contributed by atoms with Gasteiger partial charge in [-0.05, 0) is 64.7 Å². The Bertz CT molecular complexity index is 514. The topological polar surface area (TPSA) is 18.5 Å². The molecule has 0 amide bonds. The summed E-state index contributed by atoms with van der Waals surface area (Å²) in [7, 11) is 2.40. The number of ether oxygens (including phenoxy) is 2. The molecular formula is C23H40NO2+. The Balaban J connectivity index is 1.48. The molecule has 2 saturated heterocycles. The maximum Gasteiger partial charge on any atom is 0.161 e. The monoisotopic (exact) mass is 362 g/mol. The molecule has 2 heterocycles. The average molecular weight is 363 g/mol. The summed E-state index contributed by atoms with van der Waals surface area (Å²) >= 11 is 0. The fourth-order valence-electron chi connectivity index (χ4n) is 5.05. The van der Waals surface area contributed by atoms with Crippen molar-refractivity contribution in [1.29, 1.82) is 0 Å². The molecule has 0 radical (unpaired) electrons. The summed E-state index contributed by atoms with van der Waals surface area (Å²) in [5.74, 6) is 1.18. The van der Waals surface area contributed by atoms with Crippen molar-refractivity contribution in [3.05, 3.63) is 23.3 Å². The third-order valence-corrected chi connectivity index (χ3v) is 6.67. The number of quaternary nitrogens is 1. The SMILES string of the molecule is CC(C)=CCCC1=CC[C@H]([C@H]2OC[C@@H](C[N+]3(C)CCCCC3)O2)[C@@H](C)C1. The first-order valence-electron chi connectivity index (χ1n) is 10.9. The van der Waals surface area contributed by atoms with Crippen LogP contribution in [-0.2, 0) is 9.47 Å². The summed E-state index contributed by atoms with van der Waals surface area (Å²) in [5.41, 5.74) is 3.06. The first-order valence-corrected chi connectivity index (χ1v) is 10.9. The molecule has 3 rings (SSSR count). The van der Waals surface area contributed by atoms with E-state index in [1.165, 1.54) is 61.7 Å². The molecule has 26 heavy (non-hydrogen) atoms. The second kappa shape index (κ2) is 9.03. The van der Waals surface area contributed by atoms with E-state index in [-0.39, 0.29) is 6.29 Å². The van der Waals surface area contributed by atoms with Crippen LogP contribution in [0.5, 0.6) is 0 Å². The van der Waals surface area contributed by atoms with E-state index >= 15 is 0 Å². The highest BCUT2D eigenvalue weighted by Gasteiger charge is 2.40. The van der Waals surface area contributed by atoms with E-state index in [2.05, 4.69) is 40.0 Å². The van der Waals surface area contributed by atoms with Gasteiger partial charge in [0, 0.05) is 5.92 Å². The van der Waals surface area contributed by atoms with E-state index < -0.39 is 0 Å². The van der Waals surface area contributed by atoms with Crippen molar-refractivity contribution in [3.63, 3.8) is 0 Å². The summed E-state index contributed by atoms with van der Waals surface area (Å²) < 4.78 is 13.7. The van der Waals surface area contributed by atoms with Crippen molar-refractivity contribution >= 4 is 0 Å². The molecule has 3 heteroatoms. The van der Waals surface area contributed by atoms with Crippen molar-refractivity contribution in [2.45, 2.75) is 78.1 Å². The van der Waals surface area contributed by atoms with Gasteiger partial charge in [0.2, 0.25) is 0 Å². The van der Waals surface area contributed by atoms with Crippen LogP contribution in [0.15, 0.2) is 23.3 Å². The maximum absolute atomic E-state index is 6.41. The molecule has 2 fully saturated rings. The van der Waals surface area contributed by atoms with Gasteiger partial charge in [-0.15, -0.1) is 0 Å². The molecule has 0 aromatic rings. The standard InChI is InChI=1S/C23H40NO2/c1-18(2)9-8-10-20-11-12-22(19(3)15-20)23-25-17-21(26-23)16-24(4)13-6-5-7-14-24/h9,11,19,21-23H,5-8,10,12-17H2,1-4H3/q+1/t19-,21+,22-,23-/m0/s1. The van der Waals surface area contributed by atoms with Crippen LogP contribution in [0.3, 0.4) is 0 Å². The molecular weight excluding hydrogens is 322 g/mol. The fraction of sp³-hybridized carbons (Fsp3) is 0.826. The van der Waals surface area contributed by atoms with Crippen molar-refractivity contribution < 1.29 is 14.0 Å². The smallest absolute Gasteiger partial charge is 0.161 e. The minimum Gasteiger partial charge on any atom is -0.349 e. The van der Waals surface area contributed by atoms with Gasteiger partial charge < -0.3 is 14.0 Å². The molecule has 0 N–H and O–H groups in total. The Morgan fingerprint density at radius 1 is 1.23 bits per heavy atom. The molecule has 1 aliphatic carbocycles. The van der Waals surface area contributed by atoms with Crippen LogP contribution in [0.2, 0.25) is 0 Å². The van der Waals surface area contributed by atoms with Gasteiger partial charge in [0.25, 0.3) is 0 Å². The van der Waals surface area contributed by atoms with E-state index in [1.807, 2.05) is 0 Å². The van der Waals surface area contributed by atoms with Crippen LogP contribution in [0, 0.1) is 11.8 Å². The molecule has 4 atom stereocenters. The van der Waals surface area contributed by atoms with Crippen molar-refractivity contribution in [2.24, 2.45) is 11.8 Å². The van der Waals surface area contributed by atoms with Crippen molar-refractivity contribution in [1.82, 2.24) is 0 Å². The molecule has 2 aliphatic heterocycles. The highest BCUT2D eigenvalue weighted by atomic mass is 16.7. The summed E-state index contributed by atoms with van der Waals surface area (Å²) in [5, 5.41) is 0. The molecule has 0 unspecified atom stereocenters. The molecule has 0 bridgehead atoms. The third kappa shape index (κ3) is 5.43. The van der Waals surface area contributed by atoms with Crippen LogP contribution in [0.25, 0.3) is 0 Å². The van der Waals surface area contributed by atoms with Crippen molar-refractivity contribution in [2.75, 3.05) is 33.3 Å². The minimum absolute atomic E-state index is 0.0157. The highest BCUT2D eigenvalue weighted by Crippen LogP contribution is 2.37. The van der Waals surface area contributed by atoms with Gasteiger partial charge in [-0.2, -0.15) is 0 Å². The second-order valence-electron chi connectivity index (χ2n) is 9.53. The number of rotatable bonds is 6. The number of hydrogen-bond acceptors (Lipinski definition) is 2. The van der Waals surface area contributed by atoms with Gasteiger partial charge >= 0.3 is 0 Å². The lowest BCUT2D eigenvalue weighted by Gasteiger charge is -2.39. The minimum atomic E-state index is 0.0157. The van der Waals surface area contributed by atoms with Crippen LogP contribution >= 0.6 is 0 Å². The Morgan fingerprint density at radius 3 is 2.69 bits per heavy atom. The largest absolute Gasteiger partial charge is 0.349 e. The Kier molecular flexibility index (Phi) is 6.98. The normalized spacial score (nSPS) is 34.4. The molecule has 0 aromatic carbocycles. The molecule has 0 spiro atoms. The fourth-order valence-corrected chi connectivity index (χ4v) is 5.05. The number of likely N-dealkylation sites (N-methyl/N-ethyl adjacent to an activating group) is 1. The van der Waals surface area contributed by atoms with Crippen molar-refractivity contribution in [3.8, 4) is 0 Å². The van der Waals surface area contributed by atoms with Crippen LogP contribution < -0.4 is 0 Å². The number of hydrogen-bond donors (Lipinski definition) is 0. The van der Waals surface area contributed by atoms with E-state index in [0.717, 1.165) is 19.6 Å². The van der Waals surface area contributed by atoms with Gasteiger partial charge in [-0.25, -0.2) is 0 Å². The van der Waals surface area contributed by atoms with Crippen LogP contribution in [0.4, 0.5) is 0 Å². The lowest BCUT2D eigenvalue weighted by atomic mass is 9.79. The highest BCUT2D eigenvalue weighted by molar-refractivity contribution is 5.10. The lowest BCUT2D eigenvalue weighted by Crippen LogP contribution is -2.52. The van der Waals surface area contributed by atoms with Gasteiger partial charge in [0.05, 0.1) is 26.7 Å². The molecule has 3 nitrogen and oxygen atoms in total. The van der Waals surface area contributed by atoms with E-state index in [4.69, 9.17) is 9.47 Å². The zero-order valence-electron chi connectivity index (χ0n) is 17.5. The first kappa shape index (κ1) is 20.1. The maximum atomic E-state index is 6.41.